The highest BCUT2D eigenvalue weighted by Crippen LogP contribution is 2.11. The van der Waals surface area contributed by atoms with Crippen LogP contribution in [0.3, 0.4) is 0 Å². The smallest absolute Gasteiger partial charge is 0.316 e. The van der Waals surface area contributed by atoms with Crippen LogP contribution in [0.5, 0.6) is 0 Å². The number of carbonyl (C=O) groups is 3. The lowest BCUT2D eigenvalue weighted by molar-refractivity contribution is -0.130. The van der Waals surface area contributed by atoms with Crippen molar-refractivity contribution < 1.29 is 14.4 Å². The molecule has 1 aromatic rings. The van der Waals surface area contributed by atoms with E-state index < -0.39 is 6.03 Å². The maximum absolute atomic E-state index is 12.0. The molecule has 4 N–H and O–H groups in total. The van der Waals surface area contributed by atoms with E-state index >= 15 is 0 Å². The first-order valence-electron chi connectivity index (χ1n) is 8.29. The van der Waals surface area contributed by atoms with Crippen molar-refractivity contribution in [3.05, 3.63) is 29.8 Å². The van der Waals surface area contributed by atoms with Crippen LogP contribution in [-0.2, 0) is 4.79 Å². The van der Waals surface area contributed by atoms with Gasteiger partial charge in [-0.1, -0.05) is 6.42 Å². The molecular weight excluding hydrogens is 308 g/mol. The second-order valence-corrected chi connectivity index (χ2v) is 5.87. The van der Waals surface area contributed by atoms with Gasteiger partial charge in [0.2, 0.25) is 5.91 Å². The van der Waals surface area contributed by atoms with Gasteiger partial charge in [-0.25, -0.2) is 4.79 Å². The van der Waals surface area contributed by atoms with E-state index in [9.17, 15) is 14.4 Å². The minimum atomic E-state index is -0.643. The lowest BCUT2D eigenvalue weighted by atomic mass is 10.2. The predicted molar refractivity (Wildman–Crippen MR) is 91.6 cm³/mol. The Hall–Kier alpha value is -2.57. The van der Waals surface area contributed by atoms with Gasteiger partial charge in [-0.3, -0.25) is 9.59 Å². The summed E-state index contributed by atoms with van der Waals surface area (Å²) in [6.07, 6.45) is 4.52. The zero-order chi connectivity index (χ0) is 17.4. The summed E-state index contributed by atoms with van der Waals surface area (Å²) in [5.41, 5.74) is 6.08. The highest BCUT2D eigenvalue weighted by Gasteiger charge is 2.15. The van der Waals surface area contributed by atoms with Gasteiger partial charge in [0.05, 0.1) is 0 Å². The third kappa shape index (κ3) is 5.57. The van der Waals surface area contributed by atoms with Crippen molar-refractivity contribution in [1.82, 2.24) is 10.2 Å². The van der Waals surface area contributed by atoms with E-state index in [-0.39, 0.29) is 11.8 Å². The molecule has 1 aliphatic rings. The van der Waals surface area contributed by atoms with E-state index in [1.165, 1.54) is 0 Å². The Morgan fingerprint density at radius 2 is 1.88 bits per heavy atom. The highest BCUT2D eigenvalue weighted by molar-refractivity contribution is 5.95. The summed E-state index contributed by atoms with van der Waals surface area (Å²) in [4.78, 5) is 36.6. The summed E-state index contributed by atoms with van der Waals surface area (Å²) in [6.45, 7) is 2.02. The molecule has 0 spiro atoms. The van der Waals surface area contributed by atoms with Crippen LogP contribution in [0.1, 0.15) is 42.5 Å². The Bertz CT molecular complexity index is 586. The van der Waals surface area contributed by atoms with Gasteiger partial charge >= 0.3 is 6.03 Å². The highest BCUT2D eigenvalue weighted by atomic mass is 16.2. The maximum atomic E-state index is 12.0. The molecule has 2 rings (SSSR count). The number of nitrogens with one attached hydrogen (secondary N) is 2. The Balaban J connectivity index is 1.72. The molecule has 1 fully saturated rings. The van der Waals surface area contributed by atoms with Crippen molar-refractivity contribution in [1.29, 1.82) is 0 Å². The number of amides is 4. The second-order valence-electron chi connectivity index (χ2n) is 5.87. The molecule has 0 aromatic heterocycles. The third-order valence-corrected chi connectivity index (χ3v) is 3.98. The van der Waals surface area contributed by atoms with Gasteiger partial charge in [0.1, 0.15) is 0 Å². The minimum Gasteiger partial charge on any atom is -0.352 e. The summed E-state index contributed by atoms with van der Waals surface area (Å²) < 4.78 is 0. The fourth-order valence-corrected chi connectivity index (χ4v) is 2.70. The molecule has 0 atom stereocenters. The molecule has 1 aliphatic heterocycles. The molecule has 130 valence electrons. The molecule has 0 bridgehead atoms. The van der Waals surface area contributed by atoms with Crippen molar-refractivity contribution >= 4 is 23.5 Å². The Kier molecular flexibility index (Phi) is 6.60. The maximum Gasteiger partial charge on any atom is 0.316 e. The molecule has 0 radical (unpaired) electrons. The zero-order valence-electron chi connectivity index (χ0n) is 13.7. The molecule has 1 heterocycles. The van der Waals surface area contributed by atoms with Crippen LogP contribution in [-0.4, -0.2) is 42.4 Å². The molecule has 1 saturated heterocycles. The summed E-state index contributed by atoms with van der Waals surface area (Å²) >= 11 is 0. The summed E-state index contributed by atoms with van der Waals surface area (Å²) in [6, 6.07) is 5.85. The molecule has 24 heavy (non-hydrogen) atoms. The van der Waals surface area contributed by atoms with E-state index in [0.29, 0.717) is 30.8 Å². The molecular formula is C17H24N4O3. The number of hydrogen-bond donors (Lipinski definition) is 3. The van der Waals surface area contributed by atoms with E-state index in [1.807, 2.05) is 4.90 Å². The van der Waals surface area contributed by atoms with Crippen LogP contribution >= 0.6 is 0 Å². The van der Waals surface area contributed by atoms with E-state index in [4.69, 9.17) is 5.73 Å². The number of rotatable bonds is 6. The zero-order valence-corrected chi connectivity index (χ0v) is 13.7. The van der Waals surface area contributed by atoms with Crippen molar-refractivity contribution in [3.8, 4) is 0 Å². The molecule has 7 heteroatoms. The van der Waals surface area contributed by atoms with Crippen molar-refractivity contribution in [2.24, 2.45) is 5.73 Å². The average Bonchev–Trinajstić information content (AvgIpc) is 2.76. The number of urea groups is 1. The van der Waals surface area contributed by atoms with E-state index in [1.54, 1.807) is 24.3 Å². The number of likely N-dealkylation sites (tertiary alicyclic amines) is 1. The fraction of sp³-hybridized carbons (Fsp3) is 0.471. The van der Waals surface area contributed by atoms with Gasteiger partial charge in [-0.05, 0) is 43.5 Å². The van der Waals surface area contributed by atoms with Gasteiger partial charge < -0.3 is 21.3 Å². The van der Waals surface area contributed by atoms with Crippen LogP contribution in [0, 0.1) is 0 Å². The minimum absolute atomic E-state index is 0.178. The number of nitrogens with zero attached hydrogens (tertiary/aromatic N) is 1. The van der Waals surface area contributed by atoms with E-state index in [0.717, 1.165) is 32.2 Å². The van der Waals surface area contributed by atoms with Gasteiger partial charge in [-0.2, -0.15) is 0 Å². The second kappa shape index (κ2) is 8.90. The van der Waals surface area contributed by atoms with Gasteiger partial charge in [0.25, 0.3) is 5.91 Å². The molecule has 4 amide bonds. The first-order valence-corrected chi connectivity index (χ1v) is 8.29. The number of nitrogens with two attached hydrogens (primary N) is 1. The molecule has 7 nitrogen and oxygen atoms in total. The van der Waals surface area contributed by atoms with Gasteiger partial charge in [0, 0.05) is 37.3 Å². The largest absolute Gasteiger partial charge is 0.352 e. The van der Waals surface area contributed by atoms with Crippen molar-refractivity contribution in [3.63, 3.8) is 0 Å². The summed E-state index contributed by atoms with van der Waals surface area (Å²) in [5, 5.41) is 5.28. The molecule has 0 unspecified atom stereocenters. The van der Waals surface area contributed by atoms with Crippen LogP contribution in [0.15, 0.2) is 24.3 Å². The number of benzene rings is 1. The SMILES string of the molecule is NC(=O)Nc1ccc(C(=O)NCCCN2CCCCCC2=O)cc1. The van der Waals surface area contributed by atoms with Crippen molar-refractivity contribution in [2.75, 3.05) is 25.0 Å². The lowest BCUT2D eigenvalue weighted by Crippen LogP contribution is -2.34. The normalized spacial score (nSPS) is 14.8. The monoisotopic (exact) mass is 332 g/mol. The molecule has 0 saturated carbocycles. The average molecular weight is 332 g/mol. The lowest BCUT2D eigenvalue weighted by Gasteiger charge is -2.20. The standard InChI is InChI=1S/C17H24N4O3/c18-17(24)20-14-8-6-13(7-9-14)16(23)19-10-4-12-21-11-3-1-2-5-15(21)22/h6-9H,1-5,10-12H2,(H,19,23)(H3,18,20,24). The number of primary amides is 1. The third-order valence-electron chi connectivity index (χ3n) is 3.98. The fourth-order valence-electron chi connectivity index (χ4n) is 2.70. The Morgan fingerprint density at radius 1 is 1.12 bits per heavy atom. The van der Waals surface area contributed by atoms with Crippen LogP contribution < -0.4 is 16.4 Å². The number of hydrogen-bond acceptors (Lipinski definition) is 3. The van der Waals surface area contributed by atoms with Crippen molar-refractivity contribution in [2.45, 2.75) is 32.1 Å². The molecule has 0 aliphatic carbocycles. The van der Waals surface area contributed by atoms with Crippen LogP contribution in [0.2, 0.25) is 0 Å². The number of carbonyl (C=O) groups excluding carboxylic acids is 3. The number of anilines is 1. The topological polar surface area (TPSA) is 105 Å². The van der Waals surface area contributed by atoms with Crippen LogP contribution in [0.4, 0.5) is 10.5 Å². The summed E-state index contributed by atoms with van der Waals surface area (Å²) in [5.74, 6) is 0.0409. The Morgan fingerprint density at radius 3 is 2.58 bits per heavy atom. The summed E-state index contributed by atoms with van der Waals surface area (Å²) in [7, 11) is 0. The van der Waals surface area contributed by atoms with Crippen LogP contribution in [0.25, 0.3) is 0 Å². The first-order chi connectivity index (χ1) is 11.6. The van der Waals surface area contributed by atoms with E-state index in [2.05, 4.69) is 10.6 Å². The quantitative estimate of drug-likeness (QED) is 0.690. The predicted octanol–water partition coefficient (Wildman–Crippen LogP) is 1.70. The first kappa shape index (κ1) is 17.8. The molecule has 1 aromatic carbocycles. The van der Waals surface area contributed by atoms with Gasteiger partial charge in [0.15, 0.2) is 0 Å². The van der Waals surface area contributed by atoms with Gasteiger partial charge in [-0.15, -0.1) is 0 Å². The Labute approximate surface area is 141 Å².